The maximum Gasteiger partial charge on any atom is 0.171 e. The van der Waals surface area contributed by atoms with Gasteiger partial charge in [-0.25, -0.2) is 0 Å². The molecule has 1 aromatic carbocycles. The average Bonchev–Trinajstić information content (AvgIpc) is 2.94. The van der Waals surface area contributed by atoms with Gasteiger partial charge in [0, 0.05) is 19.4 Å². The summed E-state index contributed by atoms with van der Waals surface area (Å²) in [6, 6.07) is 5.99. The lowest BCUT2D eigenvalue weighted by Gasteiger charge is -2.47. The zero-order valence-corrected chi connectivity index (χ0v) is 12.3. The zero-order valence-electron chi connectivity index (χ0n) is 12.3. The normalized spacial score (nSPS) is 30.1. The molecule has 5 nitrogen and oxygen atoms in total. The third-order valence-electron chi connectivity index (χ3n) is 4.73. The Kier molecular flexibility index (Phi) is 3.10. The Bertz CT molecular complexity index is 541. The van der Waals surface area contributed by atoms with E-state index in [1.807, 2.05) is 12.1 Å². The van der Waals surface area contributed by atoms with E-state index >= 15 is 0 Å². The summed E-state index contributed by atoms with van der Waals surface area (Å²) in [5, 5.41) is 3.64. The van der Waals surface area contributed by atoms with Crippen molar-refractivity contribution in [1.82, 2.24) is 5.32 Å². The molecule has 4 rings (SSSR count). The zero-order chi connectivity index (χ0) is 14.3. The minimum absolute atomic E-state index is 0.109. The van der Waals surface area contributed by atoms with Crippen LogP contribution in [0.3, 0.4) is 0 Å². The van der Waals surface area contributed by atoms with Gasteiger partial charge >= 0.3 is 0 Å². The van der Waals surface area contributed by atoms with Crippen LogP contribution in [0.15, 0.2) is 18.2 Å². The van der Waals surface area contributed by atoms with Crippen molar-refractivity contribution < 1.29 is 18.9 Å². The minimum atomic E-state index is -0.412. The summed E-state index contributed by atoms with van der Waals surface area (Å²) in [6.07, 6.45) is 2.64. The third kappa shape index (κ3) is 2.29. The molecule has 1 N–H and O–H groups in total. The summed E-state index contributed by atoms with van der Waals surface area (Å²) >= 11 is 0. The molecule has 3 heterocycles. The molecular formula is C16H21NO4. The Morgan fingerprint density at radius 2 is 2.10 bits per heavy atom. The van der Waals surface area contributed by atoms with E-state index in [2.05, 4.69) is 11.4 Å². The first-order valence-corrected chi connectivity index (χ1v) is 7.55. The fourth-order valence-corrected chi connectivity index (χ4v) is 3.75. The molecule has 114 valence electrons. The van der Waals surface area contributed by atoms with Crippen molar-refractivity contribution in [3.8, 4) is 11.5 Å². The standard InChI is InChI=1S/C16H21NO4/c1-18-13-2-3-14-12(8-13)9-15(11-19-14)10-16(4-5-17-15)20-6-7-21-16/h2-3,8,17H,4-7,9-11H2,1H3. The molecule has 1 aromatic rings. The Morgan fingerprint density at radius 3 is 2.90 bits per heavy atom. The number of piperidine rings is 1. The van der Waals surface area contributed by atoms with Gasteiger partial charge in [0.1, 0.15) is 18.1 Å². The van der Waals surface area contributed by atoms with Crippen LogP contribution in [0.25, 0.3) is 0 Å². The van der Waals surface area contributed by atoms with E-state index in [0.717, 1.165) is 37.3 Å². The van der Waals surface area contributed by atoms with Crippen molar-refractivity contribution in [3.05, 3.63) is 23.8 Å². The molecule has 2 spiro atoms. The summed E-state index contributed by atoms with van der Waals surface area (Å²) in [6.45, 7) is 2.94. The fourth-order valence-electron chi connectivity index (χ4n) is 3.75. The van der Waals surface area contributed by atoms with Crippen LogP contribution < -0.4 is 14.8 Å². The molecule has 0 amide bonds. The Balaban J connectivity index is 1.61. The van der Waals surface area contributed by atoms with Crippen molar-refractivity contribution in [2.75, 3.05) is 33.5 Å². The second kappa shape index (κ2) is 4.87. The highest BCUT2D eigenvalue weighted by Gasteiger charge is 2.50. The molecule has 0 bridgehead atoms. The molecule has 21 heavy (non-hydrogen) atoms. The summed E-state index contributed by atoms with van der Waals surface area (Å²) in [4.78, 5) is 0. The van der Waals surface area contributed by atoms with Crippen LogP contribution in [-0.4, -0.2) is 44.8 Å². The summed E-state index contributed by atoms with van der Waals surface area (Å²) in [5.74, 6) is 1.41. The van der Waals surface area contributed by atoms with Crippen LogP contribution >= 0.6 is 0 Å². The van der Waals surface area contributed by atoms with Crippen LogP contribution in [0.4, 0.5) is 0 Å². The van der Waals surface area contributed by atoms with Gasteiger partial charge in [-0.05, 0) is 30.2 Å². The Labute approximate surface area is 124 Å². The molecule has 3 aliphatic rings. The van der Waals surface area contributed by atoms with Crippen molar-refractivity contribution in [3.63, 3.8) is 0 Å². The van der Waals surface area contributed by atoms with Crippen LogP contribution in [0, 0.1) is 0 Å². The van der Waals surface area contributed by atoms with Crippen LogP contribution in [0.2, 0.25) is 0 Å². The highest BCUT2D eigenvalue weighted by atomic mass is 16.7. The highest BCUT2D eigenvalue weighted by Crippen LogP contribution is 2.41. The number of nitrogens with one attached hydrogen (secondary N) is 1. The second-order valence-corrected chi connectivity index (χ2v) is 6.18. The van der Waals surface area contributed by atoms with Gasteiger partial charge in [0.05, 0.1) is 25.9 Å². The number of methoxy groups -OCH3 is 1. The maximum atomic E-state index is 5.99. The van der Waals surface area contributed by atoms with Gasteiger partial charge in [0.25, 0.3) is 0 Å². The number of rotatable bonds is 1. The molecule has 0 aliphatic carbocycles. The first-order chi connectivity index (χ1) is 10.2. The van der Waals surface area contributed by atoms with Crippen LogP contribution in [-0.2, 0) is 15.9 Å². The molecule has 3 aliphatic heterocycles. The summed E-state index contributed by atoms with van der Waals surface area (Å²) < 4.78 is 23.1. The number of hydrogen-bond acceptors (Lipinski definition) is 5. The summed E-state index contributed by atoms with van der Waals surface area (Å²) in [7, 11) is 1.69. The number of fused-ring (bicyclic) bond motifs is 1. The lowest BCUT2D eigenvalue weighted by atomic mass is 9.79. The molecule has 5 heteroatoms. The van der Waals surface area contributed by atoms with Gasteiger partial charge in [0.2, 0.25) is 0 Å². The third-order valence-corrected chi connectivity index (χ3v) is 4.73. The van der Waals surface area contributed by atoms with Gasteiger partial charge < -0.3 is 24.3 Å². The van der Waals surface area contributed by atoms with Crippen LogP contribution in [0.1, 0.15) is 18.4 Å². The van der Waals surface area contributed by atoms with Crippen molar-refractivity contribution in [2.24, 2.45) is 0 Å². The topological polar surface area (TPSA) is 49.0 Å². The first-order valence-electron chi connectivity index (χ1n) is 7.55. The second-order valence-electron chi connectivity index (χ2n) is 6.18. The Hall–Kier alpha value is -1.30. The largest absolute Gasteiger partial charge is 0.497 e. The van der Waals surface area contributed by atoms with Crippen molar-refractivity contribution in [2.45, 2.75) is 30.6 Å². The predicted molar refractivity (Wildman–Crippen MR) is 76.8 cm³/mol. The van der Waals surface area contributed by atoms with Crippen molar-refractivity contribution >= 4 is 0 Å². The monoisotopic (exact) mass is 291 g/mol. The molecule has 2 fully saturated rings. The smallest absolute Gasteiger partial charge is 0.171 e. The van der Waals surface area contributed by atoms with Gasteiger partial charge in [-0.2, -0.15) is 0 Å². The van der Waals surface area contributed by atoms with E-state index in [4.69, 9.17) is 18.9 Å². The van der Waals surface area contributed by atoms with Gasteiger partial charge in [-0.3, -0.25) is 0 Å². The fraction of sp³-hybridized carbons (Fsp3) is 0.625. The Morgan fingerprint density at radius 1 is 1.24 bits per heavy atom. The summed E-state index contributed by atoms with van der Waals surface area (Å²) in [5.41, 5.74) is 1.07. The quantitative estimate of drug-likeness (QED) is 0.849. The molecule has 2 saturated heterocycles. The molecule has 1 unspecified atom stereocenters. The molecule has 0 aromatic heterocycles. The van der Waals surface area contributed by atoms with E-state index in [1.165, 1.54) is 5.56 Å². The van der Waals surface area contributed by atoms with Crippen LogP contribution in [0.5, 0.6) is 11.5 Å². The number of hydrogen-bond donors (Lipinski definition) is 1. The van der Waals surface area contributed by atoms with Gasteiger partial charge in [-0.15, -0.1) is 0 Å². The van der Waals surface area contributed by atoms with Gasteiger partial charge in [-0.1, -0.05) is 0 Å². The maximum absolute atomic E-state index is 5.99. The van der Waals surface area contributed by atoms with E-state index in [0.29, 0.717) is 19.8 Å². The highest BCUT2D eigenvalue weighted by molar-refractivity contribution is 5.43. The van der Waals surface area contributed by atoms with Crippen molar-refractivity contribution in [1.29, 1.82) is 0 Å². The van der Waals surface area contributed by atoms with E-state index in [-0.39, 0.29) is 5.54 Å². The molecule has 0 radical (unpaired) electrons. The first kappa shape index (κ1) is 13.4. The van der Waals surface area contributed by atoms with Gasteiger partial charge in [0.15, 0.2) is 5.79 Å². The lowest BCUT2D eigenvalue weighted by molar-refractivity contribution is -0.194. The minimum Gasteiger partial charge on any atom is -0.497 e. The van der Waals surface area contributed by atoms with E-state index in [1.54, 1.807) is 7.11 Å². The number of ether oxygens (including phenoxy) is 4. The molecule has 1 atom stereocenters. The van der Waals surface area contributed by atoms with E-state index in [9.17, 15) is 0 Å². The molecular weight excluding hydrogens is 270 g/mol. The number of benzene rings is 1. The van der Waals surface area contributed by atoms with E-state index < -0.39 is 5.79 Å². The molecule has 0 saturated carbocycles. The average molecular weight is 291 g/mol. The SMILES string of the molecule is COc1ccc2c(c1)CC1(CO2)CC2(CCN1)OCCO2. The lowest BCUT2D eigenvalue weighted by Crippen LogP contribution is -2.62. The predicted octanol–water partition coefficient (Wildman–Crippen LogP) is 1.50.